The van der Waals surface area contributed by atoms with Crippen LogP contribution in [0.3, 0.4) is 0 Å². The lowest BCUT2D eigenvalue weighted by Gasteiger charge is -2.30. The molecule has 1 aromatic heterocycles. The third-order valence-electron chi connectivity index (χ3n) is 6.61. The minimum Gasteiger partial charge on any atom is -0.379 e. The number of hydrogen-bond acceptors (Lipinski definition) is 7. The zero-order valence-electron chi connectivity index (χ0n) is 20.8. The van der Waals surface area contributed by atoms with Crippen molar-refractivity contribution >= 4 is 32.8 Å². The minimum absolute atomic E-state index is 0.177. The second kappa shape index (κ2) is 11.3. The van der Waals surface area contributed by atoms with Gasteiger partial charge in [-0.3, -0.25) is 4.90 Å². The van der Waals surface area contributed by atoms with E-state index in [0.717, 1.165) is 54.5 Å². The Morgan fingerprint density at radius 3 is 2.53 bits per heavy atom. The average molecular weight is 511 g/mol. The highest BCUT2D eigenvalue weighted by molar-refractivity contribution is 7.99. The average Bonchev–Trinajstić information content (AvgIpc) is 3.44. The molecule has 0 bridgehead atoms. The van der Waals surface area contributed by atoms with Crippen LogP contribution in [-0.4, -0.2) is 90.6 Å². The number of thioether (sulfide) groups is 1. The fraction of sp³-hybridized carbons (Fsp3) is 0.708. The highest BCUT2D eigenvalue weighted by atomic mass is 32.2. The van der Waals surface area contributed by atoms with Crippen molar-refractivity contribution in [1.29, 1.82) is 0 Å². The Balaban J connectivity index is 1.60. The van der Waals surface area contributed by atoms with Gasteiger partial charge in [0.05, 0.1) is 41.8 Å². The van der Waals surface area contributed by atoms with E-state index < -0.39 is 10.0 Å². The molecule has 10 heteroatoms. The van der Waals surface area contributed by atoms with Crippen molar-refractivity contribution in [2.24, 2.45) is 0 Å². The van der Waals surface area contributed by atoms with Crippen molar-refractivity contribution in [3.8, 4) is 0 Å². The highest BCUT2D eigenvalue weighted by Gasteiger charge is 2.28. The second-order valence-electron chi connectivity index (χ2n) is 9.58. The van der Waals surface area contributed by atoms with Crippen molar-refractivity contribution in [1.82, 2.24) is 18.8 Å². The van der Waals surface area contributed by atoms with E-state index in [1.165, 1.54) is 4.31 Å². The maximum atomic E-state index is 13.2. The van der Waals surface area contributed by atoms with E-state index >= 15 is 0 Å². The molecule has 4 rings (SSSR count). The summed E-state index contributed by atoms with van der Waals surface area (Å²) in [7, 11) is -3.56. The maximum absolute atomic E-state index is 13.2. The van der Waals surface area contributed by atoms with Gasteiger partial charge in [0, 0.05) is 44.1 Å². The van der Waals surface area contributed by atoms with Gasteiger partial charge in [-0.1, -0.05) is 11.8 Å². The first-order valence-corrected chi connectivity index (χ1v) is 14.8. The molecule has 0 saturated carbocycles. The van der Waals surface area contributed by atoms with E-state index in [4.69, 9.17) is 14.5 Å². The highest BCUT2D eigenvalue weighted by Crippen LogP contribution is 2.29. The number of fused-ring (bicyclic) bond motifs is 1. The van der Waals surface area contributed by atoms with Crippen LogP contribution in [0.4, 0.5) is 0 Å². The Hall–Kier alpha value is -1.17. The lowest BCUT2D eigenvalue weighted by molar-refractivity contribution is 0.0730. The summed E-state index contributed by atoms with van der Waals surface area (Å²) in [4.78, 5) is 7.68. The van der Waals surface area contributed by atoms with Crippen LogP contribution in [-0.2, 0) is 26.0 Å². The number of benzene rings is 1. The number of morpholine rings is 1. The van der Waals surface area contributed by atoms with Crippen molar-refractivity contribution < 1.29 is 17.9 Å². The summed E-state index contributed by atoms with van der Waals surface area (Å²) in [6.07, 6.45) is 2.30. The summed E-state index contributed by atoms with van der Waals surface area (Å²) in [5.74, 6) is 0.921. The van der Waals surface area contributed by atoms with Crippen LogP contribution in [0.1, 0.15) is 40.5 Å². The van der Waals surface area contributed by atoms with Crippen LogP contribution in [0.2, 0.25) is 0 Å². The van der Waals surface area contributed by atoms with Gasteiger partial charge in [0.1, 0.15) is 0 Å². The molecule has 2 fully saturated rings. The Bertz CT molecular complexity index is 1050. The van der Waals surface area contributed by atoms with Crippen LogP contribution in [0.25, 0.3) is 11.0 Å². The molecule has 0 spiro atoms. The topological polar surface area (TPSA) is 76.9 Å². The first kappa shape index (κ1) is 25.9. The molecule has 190 valence electrons. The molecular formula is C24H38N4O4S2. The third-order valence-corrected chi connectivity index (χ3v) is 9.46. The normalized spacial score (nSPS) is 20.4. The standard InChI is InChI=1S/C24H38N4O4S2/c1-18(2)27(19(3)4)11-15-33-24-25-22-16-21(34(29,30)26-9-13-31-14-10-26)7-8-23(22)28(24)17-20-6-5-12-32-20/h7-8,16,18-20H,5-6,9-15,17H2,1-4H3/t20-/m1/s1. The van der Waals surface area contributed by atoms with Crippen molar-refractivity contribution in [2.45, 2.75) is 75.3 Å². The molecule has 2 saturated heterocycles. The molecule has 0 aliphatic carbocycles. The second-order valence-corrected chi connectivity index (χ2v) is 12.6. The Kier molecular flexibility index (Phi) is 8.58. The van der Waals surface area contributed by atoms with Gasteiger partial charge in [-0.2, -0.15) is 4.31 Å². The van der Waals surface area contributed by atoms with Crippen LogP contribution in [0.5, 0.6) is 0 Å². The van der Waals surface area contributed by atoms with Crippen molar-refractivity contribution in [3.63, 3.8) is 0 Å². The summed E-state index contributed by atoms with van der Waals surface area (Å²) in [6, 6.07) is 6.32. The zero-order chi connectivity index (χ0) is 24.3. The Morgan fingerprint density at radius 2 is 1.88 bits per heavy atom. The number of rotatable bonds is 10. The summed E-state index contributed by atoms with van der Waals surface area (Å²) in [6.45, 7) is 13.1. The molecule has 34 heavy (non-hydrogen) atoms. The van der Waals surface area contributed by atoms with Crippen molar-refractivity contribution in [3.05, 3.63) is 18.2 Å². The molecular weight excluding hydrogens is 472 g/mol. The number of hydrogen-bond donors (Lipinski definition) is 0. The van der Waals surface area contributed by atoms with Gasteiger partial charge in [0.25, 0.3) is 0 Å². The van der Waals surface area contributed by atoms with E-state index in [1.54, 1.807) is 23.9 Å². The lowest BCUT2D eigenvalue weighted by atomic mass is 10.2. The fourth-order valence-electron chi connectivity index (χ4n) is 4.82. The smallest absolute Gasteiger partial charge is 0.243 e. The summed E-state index contributed by atoms with van der Waals surface area (Å²) < 4.78 is 41.3. The van der Waals surface area contributed by atoms with E-state index in [9.17, 15) is 8.42 Å². The molecule has 2 aromatic rings. The van der Waals surface area contributed by atoms with E-state index in [-0.39, 0.29) is 6.10 Å². The van der Waals surface area contributed by atoms with Gasteiger partial charge in [0.2, 0.25) is 10.0 Å². The van der Waals surface area contributed by atoms with Crippen LogP contribution < -0.4 is 0 Å². The molecule has 1 aromatic carbocycles. The van der Waals surface area contributed by atoms with Gasteiger partial charge < -0.3 is 14.0 Å². The third kappa shape index (κ3) is 5.79. The van der Waals surface area contributed by atoms with Gasteiger partial charge >= 0.3 is 0 Å². The van der Waals surface area contributed by atoms with E-state index in [2.05, 4.69) is 37.2 Å². The van der Waals surface area contributed by atoms with Gasteiger partial charge in [0.15, 0.2) is 5.16 Å². The molecule has 1 atom stereocenters. The molecule has 0 amide bonds. The van der Waals surface area contributed by atoms with Crippen molar-refractivity contribution in [2.75, 3.05) is 45.2 Å². The lowest BCUT2D eigenvalue weighted by Crippen LogP contribution is -2.40. The van der Waals surface area contributed by atoms with E-state index in [1.807, 2.05) is 6.07 Å². The van der Waals surface area contributed by atoms with E-state index in [0.29, 0.717) is 43.3 Å². The number of aromatic nitrogens is 2. The molecule has 2 aliphatic heterocycles. The Morgan fingerprint density at radius 1 is 1.15 bits per heavy atom. The first-order chi connectivity index (χ1) is 16.3. The monoisotopic (exact) mass is 510 g/mol. The minimum atomic E-state index is -3.56. The molecule has 0 unspecified atom stereocenters. The van der Waals surface area contributed by atoms with Crippen LogP contribution in [0.15, 0.2) is 28.3 Å². The number of ether oxygens (including phenoxy) is 2. The first-order valence-electron chi connectivity index (χ1n) is 12.4. The summed E-state index contributed by atoms with van der Waals surface area (Å²) >= 11 is 1.74. The number of imidazole rings is 1. The van der Waals surface area contributed by atoms with Gasteiger partial charge in [-0.25, -0.2) is 13.4 Å². The molecule has 0 N–H and O–H groups in total. The quantitative estimate of drug-likeness (QED) is 0.453. The summed E-state index contributed by atoms with van der Waals surface area (Å²) in [5.41, 5.74) is 1.68. The maximum Gasteiger partial charge on any atom is 0.243 e. The SMILES string of the molecule is CC(C)N(CCSc1nc2cc(S(=O)(=O)N3CCOCC3)ccc2n1C[C@H]1CCCO1)C(C)C. The molecule has 0 radical (unpaired) electrons. The van der Waals surface area contributed by atoms with Crippen LogP contribution >= 0.6 is 11.8 Å². The zero-order valence-corrected chi connectivity index (χ0v) is 22.4. The predicted octanol–water partition coefficient (Wildman–Crippen LogP) is 3.45. The fourth-order valence-corrected chi connectivity index (χ4v) is 7.22. The predicted molar refractivity (Wildman–Crippen MR) is 136 cm³/mol. The molecule has 2 aliphatic rings. The van der Waals surface area contributed by atoms with Gasteiger partial charge in [-0.15, -0.1) is 0 Å². The molecule has 8 nitrogen and oxygen atoms in total. The van der Waals surface area contributed by atoms with Crippen LogP contribution in [0, 0.1) is 0 Å². The largest absolute Gasteiger partial charge is 0.379 e. The van der Waals surface area contributed by atoms with Gasteiger partial charge in [-0.05, 0) is 58.7 Å². The number of nitrogens with zero attached hydrogens (tertiary/aromatic N) is 4. The Labute approximate surface area is 208 Å². The molecule has 3 heterocycles. The summed E-state index contributed by atoms with van der Waals surface area (Å²) in [5, 5.41) is 0.930. The number of sulfonamides is 1.